The summed E-state index contributed by atoms with van der Waals surface area (Å²) in [6.07, 6.45) is 0.550. The lowest BCUT2D eigenvalue weighted by molar-refractivity contribution is -0.141. The SMILES string of the molecule is Cc1nn(C)c(C)c1S(=O)(=O)N1CCC(C)C1C(=O)O. The first-order chi connectivity index (χ1) is 9.17. The van der Waals surface area contributed by atoms with E-state index in [9.17, 15) is 18.3 Å². The van der Waals surface area contributed by atoms with Crippen LogP contribution in [0.25, 0.3) is 0 Å². The Morgan fingerprint density at radius 1 is 1.40 bits per heavy atom. The number of carbonyl (C=O) groups is 1. The average Bonchev–Trinajstić information content (AvgIpc) is 2.81. The van der Waals surface area contributed by atoms with Gasteiger partial charge in [0.25, 0.3) is 0 Å². The maximum absolute atomic E-state index is 12.8. The molecule has 0 bridgehead atoms. The van der Waals surface area contributed by atoms with E-state index in [-0.39, 0.29) is 17.4 Å². The molecule has 0 aliphatic carbocycles. The van der Waals surface area contributed by atoms with Crippen molar-refractivity contribution in [1.82, 2.24) is 14.1 Å². The first kappa shape index (κ1) is 15.0. The molecule has 2 heterocycles. The third-order valence-corrected chi connectivity index (χ3v) is 6.05. The van der Waals surface area contributed by atoms with Crippen LogP contribution in [0.4, 0.5) is 0 Å². The Morgan fingerprint density at radius 3 is 2.45 bits per heavy atom. The fraction of sp³-hybridized carbons (Fsp3) is 0.667. The molecule has 1 aliphatic rings. The molecule has 1 fully saturated rings. The standard InChI is InChI=1S/C12H19N3O4S/c1-7-5-6-15(10(7)12(16)17)20(18,19)11-8(2)13-14(4)9(11)3/h7,10H,5-6H2,1-4H3,(H,16,17). The minimum Gasteiger partial charge on any atom is -0.480 e. The monoisotopic (exact) mass is 301 g/mol. The van der Waals surface area contributed by atoms with Crippen LogP contribution in [-0.2, 0) is 21.9 Å². The van der Waals surface area contributed by atoms with E-state index in [0.29, 0.717) is 17.8 Å². The van der Waals surface area contributed by atoms with E-state index in [1.54, 1.807) is 27.8 Å². The number of aliphatic carboxylic acids is 1. The fourth-order valence-corrected chi connectivity index (χ4v) is 4.89. The number of rotatable bonds is 3. The number of sulfonamides is 1. The molecule has 2 rings (SSSR count). The lowest BCUT2D eigenvalue weighted by Crippen LogP contribution is -2.43. The number of hydrogen-bond acceptors (Lipinski definition) is 4. The second-order valence-corrected chi connectivity index (χ2v) is 7.12. The first-order valence-corrected chi connectivity index (χ1v) is 7.86. The molecule has 2 unspecified atom stereocenters. The van der Waals surface area contributed by atoms with Crippen molar-refractivity contribution in [3.05, 3.63) is 11.4 Å². The number of aryl methyl sites for hydroxylation is 2. The highest BCUT2D eigenvalue weighted by atomic mass is 32.2. The van der Waals surface area contributed by atoms with Gasteiger partial charge in [0.1, 0.15) is 10.9 Å². The highest BCUT2D eigenvalue weighted by Gasteiger charge is 2.45. The van der Waals surface area contributed by atoms with Gasteiger partial charge >= 0.3 is 5.97 Å². The summed E-state index contributed by atoms with van der Waals surface area (Å²) < 4.78 is 28.1. The minimum absolute atomic E-state index is 0.125. The Kier molecular flexibility index (Phi) is 3.64. The van der Waals surface area contributed by atoms with Gasteiger partial charge < -0.3 is 5.11 Å². The summed E-state index contributed by atoms with van der Waals surface area (Å²) in [6.45, 7) is 5.28. The van der Waals surface area contributed by atoms with Crippen molar-refractivity contribution in [2.24, 2.45) is 13.0 Å². The molecule has 0 amide bonds. The first-order valence-electron chi connectivity index (χ1n) is 6.42. The third kappa shape index (κ3) is 2.12. The number of carboxylic acid groups (broad SMARTS) is 1. The van der Waals surface area contributed by atoms with E-state index in [4.69, 9.17) is 0 Å². The molecule has 0 aromatic carbocycles. The zero-order valence-electron chi connectivity index (χ0n) is 12.0. The van der Waals surface area contributed by atoms with Crippen LogP contribution in [-0.4, -0.2) is 46.2 Å². The van der Waals surface area contributed by atoms with Gasteiger partial charge in [-0.25, -0.2) is 8.42 Å². The Morgan fingerprint density at radius 2 is 2.00 bits per heavy atom. The van der Waals surface area contributed by atoms with Crippen molar-refractivity contribution < 1.29 is 18.3 Å². The maximum Gasteiger partial charge on any atom is 0.322 e. The molecule has 1 saturated heterocycles. The van der Waals surface area contributed by atoms with Gasteiger partial charge in [-0.05, 0) is 26.2 Å². The predicted molar refractivity (Wildman–Crippen MR) is 71.8 cm³/mol. The highest BCUT2D eigenvalue weighted by Crippen LogP contribution is 2.32. The number of nitrogens with zero attached hydrogens (tertiary/aromatic N) is 3. The van der Waals surface area contributed by atoms with Crippen molar-refractivity contribution in [2.75, 3.05) is 6.54 Å². The van der Waals surface area contributed by atoms with Crippen molar-refractivity contribution in [3.63, 3.8) is 0 Å². The molecule has 20 heavy (non-hydrogen) atoms. The lowest BCUT2D eigenvalue weighted by atomic mass is 10.0. The molecule has 8 heteroatoms. The van der Waals surface area contributed by atoms with Crippen molar-refractivity contribution in [2.45, 2.75) is 38.1 Å². The predicted octanol–water partition coefficient (Wildman–Crippen LogP) is 0.521. The minimum atomic E-state index is -3.84. The average molecular weight is 301 g/mol. The zero-order chi connectivity index (χ0) is 15.2. The molecule has 1 N–H and O–H groups in total. The number of carboxylic acids is 1. The van der Waals surface area contributed by atoms with Gasteiger partial charge in [-0.15, -0.1) is 0 Å². The van der Waals surface area contributed by atoms with Gasteiger partial charge in [0.05, 0.1) is 11.4 Å². The van der Waals surface area contributed by atoms with E-state index in [2.05, 4.69) is 5.10 Å². The van der Waals surface area contributed by atoms with Gasteiger partial charge in [-0.1, -0.05) is 6.92 Å². The molecule has 0 spiro atoms. The van der Waals surface area contributed by atoms with Crippen LogP contribution < -0.4 is 0 Å². The van der Waals surface area contributed by atoms with Crippen molar-refractivity contribution in [3.8, 4) is 0 Å². The van der Waals surface area contributed by atoms with Crippen LogP contribution in [0.3, 0.4) is 0 Å². The van der Waals surface area contributed by atoms with Crippen LogP contribution >= 0.6 is 0 Å². The molecular formula is C12H19N3O4S. The summed E-state index contributed by atoms with van der Waals surface area (Å²) in [5, 5.41) is 13.4. The van der Waals surface area contributed by atoms with E-state index < -0.39 is 22.0 Å². The fourth-order valence-electron chi connectivity index (χ4n) is 2.79. The number of hydrogen-bond donors (Lipinski definition) is 1. The second-order valence-electron chi connectivity index (χ2n) is 5.29. The van der Waals surface area contributed by atoms with Gasteiger partial charge in [-0.3, -0.25) is 9.48 Å². The summed E-state index contributed by atoms with van der Waals surface area (Å²) >= 11 is 0. The van der Waals surface area contributed by atoms with Crippen LogP contribution in [0.1, 0.15) is 24.7 Å². The summed E-state index contributed by atoms with van der Waals surface area (Å²) in [5.74, 6) is -1.29. The van der Waals surface area contributed by atoms with E-state index in [0.717, 1.165) is 4.31 Å². The molecule has 1 aromatic rings. The molecule has 0 saturated carbocycles. The van der Waals surface area contributed by atoms with Crippen LogP contribution in [0.15, 0.2) is 4.90 Å². The largest absolute Gasteiger partial charge is 0.480 e. The summed E-state index contributed by atoms with van der Waals surface area (Å²) in [6, 6.07) is -1.00. The van der Waals surface area contributed by atoms with Gasteiger partial charge in [0.2, 0.25) is 10.0 Å². The molecular weight excluding hydrogens is 282 g/mol. The van der Waals surface area contributed by atoms with Gasteiger partial charge in [-0.2, -0.15) is 9.40 Å². The highest BCUT2D eigenvalue weighted by molar-refractivity contribution is 7.89. The second kappa shape index (κ2) is 4.85. The topological polar surface area (TPSA) is 92.5 Å². The van der Waals surface area contributed by atoms with Crippen LogP contribution in [0.5, 0.6) is 0 Å². The summed E-state index contributed by atoms with van der Waals surface area (Å²) in [5.41, 5.74) is 0.917. The smallest absolute Gasteiger partial charge is 0.322 e. The Labute approximate surface area is 118 Å². The van der Waals surface area contributed by atoms with E-state index in [1.807, 2.05) is 0 Å². The van der Waals surface area contributed by atoms with Gasteiger partial charge in [0, 0.05) is 13.6 Å². The molecule has 1 aromatic heterocycles. The zero-order valence-corrected chi connectivity index (χ0v) is 12.8. The Hall–Kier alpha value is -1.41. The lowest BCUT2D eigenvalue weighted by Gasteiger charge is -2.22. The van der Waals surface area contributed by atoms with Crippen molar-refractivity contribution >= 4 is 16.0 Å². The normalized spacial score (nSPS) is 24.2. The molecule has 112 valence electrons. The molecule has 7 nitrogen and oxygen atoms in total. The summed E-state index contributed by atoms with van der Waals surface area (Å²) in [7, 11) is -2.17. The maximum atomic E-state index is 12.8. The third-order valence-electron chi connectivity index (χ3n) is 3.92. The summed E-state index contributed by atoms with van der Waals surface area (Å²) in [4.78, 5) is 11.5. The van der Waals surface area contributed by atoms with E-state index in [1.165, 1.54) is 4.68 Å². The quantitative estimate of drug-likeness (QED) is 0.878. The molecule has 1 aliphatic heterocycles. The van der Waals surface area contributed by atoms with E-state index >= 15 is 0 Å². The molecule has 2 atom stereocenters. The van der Waals surface area contributed by atoms with Crippen LogP contribution in [0, 0.1) is 19.8 Å². The number of aromatic nitrogens is 2. The Balaban J connectivity index is 2.53. The van der Waals surface area contributed by atoms with Crippen LogP contribution in [0.2, 0.25) is 0 Å². The van der Waals surface area contributed by atoms with Gasteiger partial charge in [0.15, 0.2) is 0 Å². The molecule has 0 radical (unpaired) electrons. The van der Waals surface area contributed by atoms with Crippen molar-refractivity contribution in [1.29, 1.82) is 0 Å². The Bertz CT molecular complexity index is 650.